The lowest BCUT2D eigenvalue weighted by molar-refractivity contribution is -0.166. The molecule has 1 aromatic heterocycles. The molecule has 41 heavy (non-hydrogen) atoms. The SMILES string of the molecule is COc1cc([C@H]2CN3C(=O)CN(Cc4ccc(Cl)c(Cl)c4)C(=O)[C@]3(C)c3[nH]c4ccccc4c32)ccc1OC(C)C. The molecule has 4 aromatic rings. The van der Waals surface area contributed by atoms with Crippen molar-refractivity contribution in [3.63, 3.8) is 0 Å². The number of methoxy groups -OCH3 is 1. The molecule has 0 saturated carbocycles. The second-order valence-corrected chi connectivity index (χ2v) is 11.9. The fraction of sp³-hybridized carbons (Fsp3) is 0.312. The summed E-state index contributed by atoms with van der Waals surface area (Å²) in [6, 6.07) is 19.2. The Morgan fingerprint density at radius 2 is 1.80 bits per heavy atom. The number of piperazine rings is 1. The minimum Gasteiger partial charge on any atom is -0.493 e. The van der Waals surface area contributed by atoms with Crippen molar-refractivity contribution in [2.75, 3.05) is 20.2 Å². The number of hydrogen-bond donors (Lipinski definition) is 1. The summed E-state index contributed by atoms with van der Waals surface area (Å²) in [6.07, 6.45) is -0.00538. The molecule has 9 heteroatoms. The van der Waals surface area contributed by atoms with Crippen molar-refractivity contribution >= 4 is 45.9 Å². The van der Waals surface area contributed by atoms with E-state index < -0.39 is 5.54 Å². The number of carbonyl (C=O) groups is 2. The predicted octanol–water partition coefficient (Wildman–Crippen LogP) is 6.50. The van der Waals surface area contributed by atoms with Gasteiger partial charge < -0.3 is 24.3 Å². The Morgan fingerprint density at radius 1 is 1.02 bits per heavy atom. The Balaban J connectivity index is 1.46. The summed E-state index contributed by atoms with van der Waals surface area (Å²) in [5, 5.41) is 1.87. The highest BCUT2D eigenvalue weighted by molar-refractivity contribution is 6.42. The first-order chi connectivity index (χ1) is 19.6. The van der Waals surface area contributed by atoms with Crippen molar-refractivity contribution in [3.8, 4) is 11.5 Å². The Hall–Kier alpha value is -3.68. The van der Waals surface area contributed by atoms with E-state index in [0.717, 1.165) is 33.3 Å². The molecule has 0 spiro atoms. The van der Waals surface area contributed by atoms with Crippen LogP contribution >= 0.6 is 23.2 Å². The molecule has 1 N–H and O–H groups in total. The third kappa shape index (κ3) is 4.52. The number of nitrogens with one attached hydrogen (secondary N) is 1. The Morgan fingerprint density at radius 3 is 2.54 bits per heavy atom. The highest BCUT2D eigenvalue weighted by atomic mass is 35.5. The van der Waals surface area contributed by atoms with Crippen LogP contribution in [0, 0.1) is 0 Å². The van der Waals surface area contributed by atoms with Crippen LogP contribution in [-0.4, -0.2) is 52.9 Å². The number of nitrogens with zero attached hydrogens (tertiary/aromatic N) is 2. The van der Waals surface area contributed by atoms with Gasteiger partial charge in [-0.15, -0.1) is 0 Å². The average molecular weight is 593 g/mol. The monoisotopic (exact) mass is 591 g/mol. The Bertz CT molecular complexity index is 1680. The molecule has 7 nitrogen and oxygen atoms in total. The number of fused-ring (bicyclic) bond motifs is 5. The maximum Gasteiger partial charge on any atom is 0.255 e. The van der Waals surface area contributed by atoms with E-state index in [1.54, 1.807) is 29.0 Å². The minimum absolute atomic E-state index is 0.00538. The first-order valence-electron chi connectivity index (χ1n) is 13.6. The number of hydrogen-bond acceptors (Lipinski definition) is 4. The van der Waals surface area contributed by atoms with Gasteiger partial charge in [0.2, 0.25) is 5.91 Å². The molecule has 2 aliphatic rings. The molecule has 0 radical (unpaired) electrons. The van der Waals surface area contributed by atoms with Gasteiger partial charge in [-0.3, -0.25) is 9.59 Å². The maximum absolute atomic E-state index is 14.3. The molecule has 1 saturated heterocycles. The highest BCUT2D eigenvalue weighted by Crippen LogP contribution is 2.49. The number of aromatic nitrogens is 1. The molecule has 212 valence electrons. The van der Waals surface area contributed by atoms with Gasteiger partial charge in [-0.05, 0) is 67.8 Å². The zero-order valence-electron chi connectivity index (χ0n) is 23.3. The zero-order chi connectivity index (χ0) is 29.1. The molecule has 1 fully saturated rings. The quantitative estimate of drug-likeness (QED) is 0.277. The van der Waals surface area contributed by atoms with Crippen molar-refractivity contribution in [3.05, 3.63) is 93.1 Å². The summed E-state index contributed by atoms with van der Waals surface area (Å²) in [5.41, 5.74) is 3.23. The van der Waals surface area contributed by atoms with Gasteiger partial charge in [0.1, 0.15) is 6.54 Å². The Kier molecular flexibility index (Phi) is 6.91. The number of amides is 2. The van der Waals surface area contributed by atoms with Gasteiger partial charge in [-0.1, -0.05) is 53.5 Å². The van der Waals surface area contributed by atoms with Crippen LogP contribution < -0.4 is 9.47 Å². The molecule has 0 aliphatic carbocycles. The Labute approximate surface area is 248 Å². The van der Waals surface area contributed by atoms with Crippen molar-refractivity contribution in [1.29, 1.82) is 0 Å². The average Bonchev–Trinajstić information content (AvgIpc) is 3.34. The van der Waals surface area contributed by atoms with E-state index in [0.29, 0.717) is 28.1 Å². The lowest BCUT2D eigenvalue weighted by Crippen LogP contribution is -2.67. The summed E-state index contributed by atoms with van der Waals surface area (Å²) in [5.74, 6) is 0.837. The molecule has 6 rings (SSSR count). The lowest BCUT2D eigenvalue weighted by atomic mass is 9.76. The largest absolute Gasteiger partial charge is 0.493 e. The van der Waals surface area contributed by atoms with Crippen LogP contribution in [0.15, 0.2) is 60.7 Å². The van der Waals surface area contributed by atoms with Gasteiger partial charge in [0.25, 0.3) is 5.91 Å². The highest BCUT2D eigenvalue weighted by Gasteiger charge is 2.56. The topological polar surface area (TPSA) is 74.9 Å². The minimum atomic E-state index is -1.21. The number of aromatic amines is 1. The summed E-state index contributed by atoms with van der Waals surface area (Å²) >= 11 is 12.3. The molecule has 0 bridgehead atoms. The lowest BCUT2D eigenvalue weighted by Gasteiger charge is -2.51. The summed E-state index contributed by atoms with van der Waals surface area (Å²) in [6.45, 7) is 6.36. The van der Waals surface area contributed by atoms with Crippen LogP contribution in [-0.2, 0) is 21.7 Å². The van der Waals surface area contributed by atoms with Gasteiger partial charge in [0.05, 0.1) is 29.0 Å². The van der Waals surface area contributed by atoms with Crippen molar-refractivity contribution < 1.29 is 19.1 Å². The van der Waals surface area contributed by atoms with E-state index in [1.807, 2.05) is 63.2 Å². The van der Waals surface area contributed by atoms with Crippen molar-refractivity contribution in [2.24, 2.45) is 0 Å². The summed E-state index contributed by atoms with van der Waals surface area (Å²) in [4.78, 5) is 35.0. The van der Waals surface area contributed by atoms with E-state index in [1.165, 1.54) is 0 Å². The third-order valence-corrected chi connectivity index (χ3v) is 8.87. The van der Waals surface area contributed by atoms with E-state index in [4.69, 9.17) is 32.7 Å². The van der Waals surface area contributed by atoms with Gasteiger partial charge in [0, 0.05) is 29.9 Å². The van der Waals surface area contributed by atoms with Gasteiger partial charge in [0.15, 0.2) is 17.0 Å². The molecule has 2 amide bonds. The molecule has 2 aliphatic heterocycles. The fourth-order valence-corrected chi connectivity index (χ4v) is 6.53. The first-order valence-corrected chi connectivity index (χ1v) is 14.4. The molecular weight excluding hydrogens is 561 g/mol. The summed E-state index contributed by atoms with van der Waals surface area (Å²) < 4.78 is 11.6. The van der Waals surface area contributed by atoms with E-state index in [9.17, 15) is 9.59 Å². The predicted molar refractivity (Wildman–Crippen MR) is 160 cm³/mol. The van der Waals surface area contributed by atoms with Gasteiger partial charge in [-0.2, -0.15) is 0 Å². The maximum atomic E-state index is 14.3. The smallest absolute Gasteiger partial charge is 0.255 e. The fourth-order valence-electron chi connectivity index (χ4n) is 6.21. The second kappa shape index (κ2) is 10.3. The third-order valence-electron chi connectivity index (χ3n) is 8.13. The first kappa shape index (κ1) is 27.5. The number of ether oxygens (including phenoxy) is 2. The number of rotatable bonds is 6. The van der Waals surface area contributed by atoms with Crippen LogP contribution in [0.25, 0.3) is 10.9 Å². The number of carbonyl (C=O) groups excluding carboxylic acids is 2. The molecular formula is C32H31Cl2N3O4. The molecule has 3 heterocycles. The van der Waals surface area contributed by atoms with E-state index in [2.05, 4.69) is 11.1 Å². The van der Waals surface area contributed by atoms with Crippen LogP contribution in [0.1, 0.15) is 49.1 Å². The van der Waals surface area contributed by atoms with E-state index >= 15 is 0 Å². The van der Waals surface area contributed by atoms with E-state index in [-0.39, 0.29) is 36.9 Å². The standard InChI is InChI=1S/C32H31Cl2N3O4/c1-18(2)41-26-12-10-20(14-27(26)40-4)22-16-37-28(38)17-36(15-19-9-11-23(33)24(34)13-19)31(39)32(37,3)30-29(22)21-7-5-6-8-25(21)35-30/h5-14,18,22,35H,15-17H2,1-4H3/t22-,32+/m1/s1. The molecule has 2 atom stereocenters. The second-order valence-electron chi connectivity index (χ2n) is 11.1. The number of H-pyrrole nitrogens is 1. The van der Waals surface area contributed by atoms with Crippen LogP contribution in [0.2, 0.25) is 10.0 Å². The van der Waals surface area contributed by atoms with Crippen LogP contribution in [0.5, 0.6) is 11.5 Å². The number of benzene rings is 3. The molecule has 3 aromatic carbocycles. The van der Waals surface area contributed by atoms with Crippen LogP contribution in [0.4, 0.5) is 0 Å². The normalized spacial score (nSPS) is 20.4. The zero-order valence-corrected chi connectivity index (χ0v) is 24.8. The molecule has 0 unspecified atom stereocenters. The van der Waals surface area contributed by atoms with Crippen molar-refractivity contribution in [1.82, 2.24) is 14.8 Å². The number of para-hydroxylation sites is 1. The number of halogens is 2. The van der Waals surface area contributed by atoms with Crippen LogP contribution in [0.3, 0.4) is 0 Å². The van der Waals surface area contributed by atoms with Gasteiger partial charge in [-0.25, -0.2) is 0 Å². The summed E-state index contributed by atoms with van der Waals surface area (Å²) in [7, 11) is 1.62. The van der Waals surface area contributed by atoms with Gasteiger partial charge >= 0.3 is 0 Å². The van der Waals surface area contributed by atoms with Crippen molar-refractivity contribution in [2.45, 2.75) is 44.9 Å².